The van der Waals surface area contributed by atoms with Crippen molar-refractivity contribution < 1.29 is 9.47 Å². The fourth-order valence-corrected chi connectivity index (χ4v) is 3.80. The molecule has 1 aromatic carbocycles. The number of rotatable bonds is 2. The van der Waals surface area contributed by atoms with E-state index in [2.05, 4.69) is 22.9 Å². The van der Waals surface area contributed by atoms with Gasteiger partial charge >= 0.3 is 0 Å². The molecule has 104 valence electrons. The first-order valence-electron chi connectivity index (χ1n) is 7.06. The zero-order chi connectivity index (χ0) is 13.4. The second-order valence-corrected chi connectivity index (χ2v) is 6.18. The van der Waals surface area contributed by atoms with Crippen LogP contribution in [-0.2, 0) is 12.8 Å². The highest BCUT2D eigenvalue weighted by atomic mass is 79.9. The van der Waals surface area contributed by atoms with Crippen LogP contribution in [0.25, 0.3) is 0 Å². The summed E-state index contributed by atoms with van der Waals surface area (Å²) >= 11 is 3.72. The van der Waals surface area contributed by atoms with E-state index in [0.29, 0.717) is 12.5 Å². The van der Waals surface area contributed by atoms with E-state index in [0.717, 1.165) is 54.9 Å². The number of halogens is 1. The molecule has 2 heterocycles. The highest BCUT2D eigenvalue weighted by Gasteiger charge is 2.30. The van der Waals surface area contributed by atoms with Gasteiger partial charge in [-0.2, -0.15) is 0 Å². The van der Waals surface area contributed by atoms with Crippen molar-refractivity contribution in [2.24, 2.45) is 5.73 Å². The predicted octanol–water partition coefficient (Wildman–Crippen LogP) is 3.16. The molecule has 2 N–H and O–H groups in total. The van der Waals surface area contributed by atoms with Gasteiger partial charge in [-0.1, -0.05) is 6.92 Å². The van der Waals surface area contributed by atoms with Crippen LogP contribution in [0.3, 0.4) is 0 Å². The summed E-state index contributed by atoms with van der Waals surface area (Å²) in [6.07, 6.45) is 4.25. The first-order valence-corrected chi connectivity index (χ1v) is 7.86. The van der Waals surface area contributed by atoms with Gasteiger partial charge in [0, 0.05) is 16.7 Å². The van der Waals surface area contributed by atoms with Crippen LogP contribution in [0.15, 0.2) is 4.47 Å². The van der Waals surface area contributed by atoms with E-state index in [4.69, 9.17) is 15.2 Å². The Hall–Kier alpha value is -0.740. The average molecular weight is 326 g/mol. The molecule has 0 spiro atoms. The second kappa shape index (κ2) is 5.33. The minimum Gasteiger partial charge on any atom is -0.493 e. The topological polar surface area (TPSA) is 44.5 Å². The normalized spacial score (nSPS) is 18.9. The molecule has 0 aromatic heterocycles. The third-order valence-corrected chi connectivity index (χ3v) is 4.90. The fraction of sp³-hybridized carbons (Fsp3) is 0.600. The van der Waals surface area contributed by atoms with Crippen LogP contribution in [0.1, 0.15) is 42.4 Å². The van der Waals surface area contributed by atoms with E-state index < -0.39 is 0 Å². The molecule has 0 amide bonds. The van der Waals surface area contributed by atoms with E-state index in [1.54, 1.807) is 0 Å². The lowest BCUT2D eigenvalue weighted by Crippen LogP contribution is -2.21. The van der Waals surface area contributed by atoms with E-state index >= 15 is 0 Å². The lowest BCUT2D eigenvalue weighted by Gasteiger charge is -2.31. The molecule has 1 unspecified atom stereocenters. The maximum atomic E-state index is 5.98. The van der Waals surface area contributed by atoms with Crippen molar-refractivity contribution >= 4 is 15.9 Å². The smallest absolute Gasteiger partial charge is 0.137 e. The average Bonchev–Trinajstić information content (AvgIpc) is 2.47. The molecular formula is C15H20BrNO2. The van der Waals surface area contributed by atoms with Gasteiger partial charge in [0.15, 0.2) is 0 Å². The van der Waals surface area contributed by atoms with Crippen LogP contribution >= 0.6 is 15.9 Å². The van der Waals surface area contributed by atoms with E-state index in [1.165, 1.54) is 16.7 Å². The summed E-state index contributed by atoms with van der Waals surface area (Å²) in [4.78, 5) is 0. The number of fused-ring (bicyclic) bond motifs is 2. The third kappa shape index (κ3) is 2.15. The van der Waals surface area contributed by atoms with Crippen molar-refractivity contribution in [3.8, 4) is 11.5 Å². The maximum absolute atomic E-state index is 5.98. The monoisotopic (exact) mass is 325 g/mol. The summed E-state index contributed by atoms with van der Waals surface area (Å²) < 4.78 is 13.0. The highest BCUT2D eigenvalue weighted by molar-refractivity contribution is 9.10. The zero-order valence-electron chi connectivity index (χ0n) is 11.3. The molecule has 1 atom stereocenters. The van der Waals surface area contributed by atoms with Crippen LogP contribution < -0.4 is 15.2 Å². The molecule has 0 fully saturated rings. The van der Waals surface area contributed by atoms with Gasteiger partial charge < -0.3 is 15.2 Å². The summed E-state index contributed by atoms with van der Waals surface area (Å²) in [7, 11) is 0. The zero-order valence-corrected chi connectivity index (χ0v) is 12.9. The Kier molecular flexibility index (Phi) is 3.72. The molecule has 0 saturated carbocycles. The molecule has 1 aromatic rings. The summed E-state index contributed by atoms with van der Waals surface area (Å²) in [5.41, 5.74) is 9.76. The third-order valence-electron chi connectivity index (χ3n) is 4.06. The van der Waals surface area contributed by atoms with Crippen molar-refractivity contribution in [1.29, 1.82) is 0 Å². The van der Waals surface area contributed by atoms with Gasteiger partial charge in [0.05, 0.1) is 17.7 Å². The molecule has 0 aliphatic carbocycles. The van der Waals surface area contributed by atoms with E-state index in [9.17, 15) is 0 Å². The standard InChI is InChI=1S/C15H20BrNO2/c1-9(8-17)12-10-4-2-7-19-15(10)13(16)11-5-3-6-18-14(11)12/h9H,2-8,17H2,1H3. The molecule has 0 radical (unpaired) electrons. The Morgan fingerprint density at radius 2 is 1.74 bits per heavy atom. The molecule has 2 aliphatic rings. The van der Waals surface area contributed by atoms with Crippen molar-refractivity contribution in [3.05, 3.63) is 21.2 Å². The van der Waals surface area contributed by atoms with Gasteiger partial charge in [0.1, 0.15) is 11.5 Å². The van der Waals surface area contributed by atoms with Gasteiger partial charge in [0.25, 0.3) is 0 Å². The van der Waals surface area contributed by atoms with Gasteiger partial charge in [0.2, 0.25) is 0 Å². The molecule has 3 nitrogen and oxygen atoms in total. The van der Waals surface area contributed by atoms with Crippen LogP contribution in [0.5, 0.6) is 11.5 Å². The molecule has 2 aliphatic heterocycles. The number of ether oxygens (including phenoxy) is 2. The van der Waals surface area contributed by atoms with Gasteiger partial charge in [-0.3, -0.25) is 0 Å². The van der Waals surface area contributed by atoms with Gasteiger partial charge in [-0.25, -0.2) is 0 Å². The Bertz CT molecular complexity index is 464. The number of benzene rings is 1. The Morgan fingerprint density at radius 1 is 1.11 bits per heavy atom. The summed E-state index contributed by atoms with van der Waals surface area (Å²) in [5, 5.41) is 0. The molecule has 0 bridgehead atoms. The second-order valence-electron chi connectivity index (χ2n) is 5.38. The number of hydrogen-bond donors (Lipinski definition) is 1. The lowest BCUT2D eigenvalue weighted by molar-refractivity contribution is 0.266. The van der Waals surface area contributed by atoms with Crippen molar-refractivity contribution in [2.75, 3.05) is 19.8 Å². The summed E-state index contributed by atoms with van der Waals surface area (Å²) in [5.74, 6) is 2.42. The van der Waals surface area contributed by atoms with Crippen LogP contribution in [0.2, 0.25) is 0 Å². The Morgan fingerprint density at radius 3 is 2.42 bits per heavy atom. The predicted molar refractivity (Wildman–Crippen MR) is 79.2 cm³/mol. The fourth-order valence-electron chi connectivity index (χ4n) is 3.06. The van der Waals surface area contributed by atoms with Crippen LogP contribution in [0.4, 0.5) is 0 Å². The van der Waals surface area contributed by atoms with Crippen molar-refractivity contribution in [2.45, 2.75) is 38.5 Å². The van der Waals surface area contributed by atoms with E-state index in [1.807, 2.05) is 0 Å². The summed E-state index contributed by atoms with van der Waals surface area (Å²) in [6, 6.07) is 0. The molecule has 19 heavy (non-hydrogen) atoms. The Labute approximate surface area is 122 Å². The largest absolute Gasteiger partial charge is 0.493 e. The minimum atomic E-state index is 0.315. The molecule has 3 rings (SSSR count). The summed E-state index contributed by atoms with van der Waals surface area (Å²) in [6.45, 7) is 4.44. The first-order chi connectivity index (χ1) is 9.24. The first kappa shape index (κ1) is 13.3. The van der Waals surface area contributed by atoms with Crippen LogP contribution in [0, 0.1) is 0 Å². The highest BCUT2D eigenvalue weighted by Crippen LogP contribution is 2.48. The van der Waals surface area contributed by atoms with Crippen LogP contribution in [-0.4, -0.2) is 19.8 Å². The van der Waals surface area contributed by atoms with Gasteiger partial charge in [-0.15, -0.1) is 0 Å². The Balaban J connectivity index is 2.25. The number of hydrogen-bond acceptors (Lipinski definition) is 3. The number of nitrogens with two attached hydrogens (primary N) is 1. The molecule has 4 heteroatoms. The van der Waals surface area contributed by atoms with Crippen molar-refractivity contribution in [3.63, 3.8) is 0 Å². The minimum absolute atomic E-state index is 0.315. The van der Waals surface area contributed by atoms with Gasteiger partial charge in [-0.05, 0) is 54.1 Å². The van der Waals surface area contributed by atoms with E-state index in [-0.39, 0.29) is 0 Å². The molecule has 0 saturated heterocycles. The van der Waals surface area contributed by atoms with Crippen molar-refractivity contribution in [1.82, 2.24) is 0 Å². The lowest BCUT2D eigenvalue weighted by atomic mass is 9.87. The quantitative estimate of drug-likeness (QED) is 0.908. The maximum Gasteiger partial charge on any atom is 0.137 e. The SMILES string of the molecule is CC(CN)c1c2c(c(Br)c3c1OCCC3)OCCC2. The molecular weight excluding hydrogens is 306 g/mol.